The van der Waals surface area contributed by atoms with Gasteiger partial charge in [-0.15, -0.1) is 0 Å². The maximum atomic E-state index is 13.0. The van der Waals surface area contributed by atoms with Crippen molar-refractivity contribution in [3.8, 4) is 11.5 Å². The van der Waals surface area contributed by atoms with Crippen molar-refractivity contribution in [1.29, 1.82) is 0 Å². The molecule has 0 aliphatic carbocycles. The van der Waals surface area contributed by atoms with Crippen molar-refractivity contribution in [2.24, 2.45) is 22.6 Å². The van der Waals surface area contributed by atoms with Crippen LogP contribution in [0.1, 0.15) is 39.7 Å². The van der Waals surface area contributed by atoms with Crippen LogP contribution < -0.4 is 11.1 Å². The van der Waals surface area contributed by atoms with Crippen LogP contribution in [0, 0.1) is 11.8 Å². The smallest absolute Gasteiger partial charge is 0.405 e. The number of nitrogens with two attached hydrogens (primary N) is 1. The van der Waals surface area contributed by atoms with E-state index in [1.54, 1.807) is 39.0 Å². The number of primary amides is 1. The molecule has 0 fully saturated rings. The van der Waals surface area contributed by atoms with Gasteiger partial charge in [0, 0.05) is 43.6 Å². The SMILES string of the molecule is CO[C@H]1C=CC=C(C)C(=O)Nc2cc(O)c(N=CCF)c(c2O)C[C@@H](C)C[C@H](OC)[C@H](O)[C@@H](C)C=C(C)[C@@H]1OC(N)=O. The monoisotopic (exact) mass is 591 g/mol. The van der Waals surface area contributed by atoms with Crippen LogP contribution in [0.2, 0.25) is 0 Å². The highest BCUT2D eigenvalue weighted by Gasteiger charge is 2.30. The third kappa shape index (κ3) is 9.13. The first-order valence-corrected chi connectivity index (χ1v) is 13.5. The summed E-state index contributed by atoms with van der Waals surface area (Å²) in [5, 5.41) is 35.6. The fourth-order valence-corrected chi connectivity index (χ4v) is 4.86. The van der Waals surface area contributed by atoms with Crippen LogP contribution in [0.5, 0.6) is 11.5 Å². The molecule has 2 amide bonds. The number of anilines is 1. The summed E-state index contributed by atoms with van der Waals surface area (Å²) in [5.41, 5.74) is 6.26. The summed E-state index contributed by atoms with van der Waals surface area (Å²) in [7, 11) is 2.89. The minimum absolute atomic E-state index is 0.0244. The third-order valence-electron chi connectivity index (χ3n) is 7.09. The van der Waals surface area contributed by atoms with Gasteiger partial charge in [-0.25, -0.2) is 9.18 Å². The van der Waals surface area contributed by atoms with Crippen molar-refractivity contribution in [2.75, 3.05) is 26.2 Å². The Morgan fingerprint density at radius 1 is 1.24 bits per heavy atom. The predicted octanol–water partition coefficient (Wildman–Crippen LogP) is 4.23. The van der Waals surface area contributed by atoms with Crippen LogP contribution in [-0.4, -0.2) is 78.8 Å². The summed E-state index contributed by atoms with van der Waals surface area (Å²) in [5.74, 6) is -1.96. The molecule has 11 nitrogen and oxygen atoms in total. The van der Waals surface area contributed by atoms with Crippen molar-refractivity contribution in [3.05, 3.63) is 47.1 Å². The fourth-order valence-electron chi connectivity index (χ4n) is 4.86. The molecule has 0 saturated heterocycles. The zero-order valence-corrected chi connectivity index (χ0v) is 24.8. The van der Waals surface area contributed by atoms with Gasteiger partial charge in [0.25, 0.3) is 5.91 Å². The van der Waals surface area contributed by atoms with E-state index < -0.39 is 49.0 Å². The number of aromatic hydroxyl groups is 2. The minimum atomic E-state index is -1.01. The molecular weight excluding hydrogens is 549 g/mol. The second-order valence-corrected chi connectivity index (χ2v) is 10.4. The number of nitrogens with one attached hydrogen (secondary N) is 1. The normalized spacial score (nSPS) is 26.4. The van der Waals surface area contributed by atoms with Crippen molar-refractivity contribution in [3.63, 3.8) is 0 Å². The number of methoxy groups -OCH3 is 2. The Labute approximate surface area is 245 Å². The van der Waals surface area contributed by atoms with Gasteiger partial charge in [-0.3, -0.25) is 9.79 Å². The van der Waals surface area contributed by atoms with E-state index in [4.69, 9.17) is 19.9 Å². The lowest BCUT2D eigenvalue weighted by Crippen LogP contribution is -2.37. The Bertz CT molecular complexity index is 1230. The number of amides is 2. The summed E-state index contributed by atoms with van der Waals surface area (Å²) < 4.78 is 29.4. The Balaban J connectivity index is 2.69. The third-order valence-corrected chi connectivity index (χ3v) is 7.09. The first-order chi connectivity index (χ1) is 19.8. The number of carbonyl (C=O) groups is 2. The standard InChI is InChI=1S/C30H42FN3O8/c1-16-12-20-25(33-11-10-31)22(35)15-21(27(20)37)34-29(38)17(2)8-7-9-23(40-5)28(42-30(32)39)19(4)14-18(3)26(36)24(13-16)41-6/h7-9,11,14-16,18,23-24,26,28,35-37H,10,12-13H2,1-6H3,(H2,32,39)(H,34,38)/t16-,18+,23+,24+,26-,28+/m1/s1. The summed E-state index contributed by atoms with van der Waals surface area (Å²) in [6, 6.07) is 1.14. The number of alkyl halides is 1. The van der Waals surface area contributed by atoms with Gasteiger partial charge in [0.1, 0.15) is 30.0 Å². The first kappa shape index (κ1) is 34.5. The Morgan fingerprint density at radius 2 is 1.93 bits per heavy atom. The van der Waals surface area contributed by atoms with Crippen molar-refractivity contribution >= 4 is 29.6 Å². The van der Waals surface area contributed by atoms with Gasteiger partial charge < -0.3 is 40.6 Å². The number of hydrogen-bond acceptors (Lipinski definition) is 9. The first-order valence-electron chi connectivity index (χ1n) is 13.5. The van der Waals surface area contributed by atoms with E-state index in [0.29, 0.717) is 12.0 Å². The molecule has 0 aromatic heterocycles. The number of allylic oxidation sites excluding steroid dienone is 2. The number of ether oxygens (including phenoxy) is 3. The highest BCUT2D eigenvalue weighted by Crippen LogP contribution is 2.44. The van der Waals surface area contributed by atoms with Crippen LogP contribution >= 0.6 is 0 Å². The molecule has 6 N–H and O–H groups in total. The van der Waals surface area contributed by atoms with Crippen LogP contribution in [0.4, 0.5) is 20.6 Å². The lowest BCUT2D eigenvalue weighted by Gasteiger charge is -2.29. The molecule has 0 unspecified atom stereocenters. The molecule has 2 bridgehead atoms. The Morgan fingerprint density at radius 3 is 2.52 bits per heavy atom. The van der Waals surface area contributed by atoms with Gasteiger partial charge >= 0.3 is 6.09 Å². The van der Waals surface area contributed by atoms with Crippen LogP contribution in [0.15, 0.2) is 46.5 Å². The molecule has 1 aliphatic rings. The summed E-state index contributed by atoms with van der Waals surface area (Å²) in [6.45, 7) is 6.02. The van der Waals surface area contributed by atoms with Gasteiger partial charge in [-0.05, 0) is 38.2 Å². The van der Waals surface area contributed by atoms with Crippen molar-refractivity contribution < 1.29 is 43.5 Å². The number of aliphatic hydroxyl groups is 1. The molecule has 42 heavy (non-hydrogen) atoms. The zero-order valence-electron chi connectivity index (χ0n) is 24.8. The van der Waals surface area contributed by atoms with E-state index in [2.05, 4.69) is 10.3 Å². The van der Waals surface area contributed by atoms with E-state index >= 15 is 0 Å². The van der Waals surface area contributed by atoms with Crippen molar-refractivity contribution in [1.82, 2.24) is 0 Å². The molecule has 1 aromatic rings. The molecule has 1 aromatic carbocycles. The molecule has 1 heterocycles. The summed E-state index contributed by atoms with van der Waals surface area (Å²) in [4.78, 5) is 28.7. The molecule has 232 valence electrons. The lowest BCUT2D eigenvalue weighted by atomic mass is 9.87. The van der Waals surface area contributed by atoms with Gasteiger partial charge in [-0.2, -0.15) is 0 Å². The van der Waals surface area contributed by atoms with Gasteiger partial charge in [0.05, 0.1) is 17.9 Å². The number of phenols is 2. The van der Waals surface area contributed by atoms with Crippen molar-refractivity contribution in [2.45, 2.75) is 65.0 Å². The zero-order chi connectivity index (χ0) is 31.6. The quantitative estimate of drug-likeness (QED) is 0.146. The van der Waals surface area contributed by atoms with Crippen LogP contribution in [-0.2, 0) is 25.4 Å². The van der Waals surface area contributed by atoms with E-state index in [9.17, 15) is 29.3 Å². The lowest BCUT2D eigenvalue weighted by molar-refractivity contribution is -0.112. The number of benzene rings is 1. The number of carbonyl (C=O) groups excluding carboxylic acids is 2. The van der Waals surface area contributed by atoms with Crippen LogP contribution in [0.3, 0.4) is 0 Å². The second kappa shape index (κ2) is 16.0. The number of hydrogen-bond donors (Lipinski definition) is 5. The molecular formula is C30H42FN3O8. The molecule has 0 radical (unpaired) electrons. The highest BCUT2D eigenvalue weighted by atomic mass is 19.1. The topological polar surface area (TPSA) is 173 Å². The fraction of sp³-hybridized carbons (Fsp3) is 0.500. The number of nitrogens with zero attached hydrogens (tertiary/aromatic N) is 1. The Hall–Kier alpha value is -3.74. The van der Waals surface area contributed by atoms with E-state index in [0.717, 1.165) is 12.3 Å². The minimum Gasteiger partial charge on any atom is -0.506 e. The van der Waals surface area contributed by atoms with E-state index in [1.807, 2.05) is 6.92 Å². The van der Waals surface area contributed by atoms with Crippen LogP contribution in [0.25, 0.3) is 0 Å². The average Bonchev–Trinajstić information content (AvgIpc) is 2.94. The number of phenolic OH excluding ortho intramolecular Hbond substituents is 2. The number of aliphatic imine (C=N–C) groups is 1. The summed E-state index contributed by atoms with van der Waals surface area (Å²) >= 11 is 0. The van der Waals surface area contributed by atoms with E-state index in [-0.39, 0.29) is 46.3 Å². The Kier molecular flexibility index (Phi) is 13.2. The van der Waals surface area contributed by atoms with Gasteiger partial charge in [0.2, 0.25) is 0 Å². The molecule has 12 heteroatoms. The summed E-state index contributed by atoms with van der Waals surface area (Å²) in [6.07, 6.45) is 3.44. The largest absolute Gasteiger partial charge is 0.506 e. The molecule has 6 atom stereocenters. The van der Waals surface area contributed by atoms with E-state index in [1.165, 1.54) is 20.3 Å². The average molecular weight is 592 g/mol. The maximum absolute atomic E-state index is 13.0. The maximum Gasteiger partial charge on any atom is 0.405 e. The van der Waals surface area contributed by atoms with Gasteiger partial charge in [-0.1, -0.05) is 38.2 Å². The molecule has 0 spiro atoms. The molecule has 2 rings (SSSR count). The number of rotatable bonds is 5. The van der Waals surface area contributed by atoms with Gasteiger partial charge in [0.15, 0.2) is 6.10 Å². The second-order valence-electron chi connectivity index (χ2n) is 10.4. The predicted molar refractivity (Wildman–Crippen MR) is 158 cm³/mol. The highest BCUT2D eigenvalue weighted by molar-refractivity contribution is 6.04. The number of halogens is 1. The number of fused-ring (bicyclic) bond motifs is 2. The molecule has 1 aliphatic heterocycles. The number of aliphatic hydroxyl groups excluding tert-OH is 1. The molecule has 0 saturated carbocycles.